The monoisotopic (exact) mass is 296 g/mol. The summed E-state index contributed by atoms with van der Waals surface area (Å²) in [6.45, 7) is 6.32. The van der Waals surface area contributed by atoms with E-state index in [0.29, 0.717) is 5.92 Å². The summed E-state index contributed by atoms with van der Waals surface area (Å²) in [5.41, 5.74) is 0.876. The van der Waals surface area contributed by atoms with Gasteiger partial charge in [-0.15, -0.1) is 0 Å². The number of carbonyl (C=O) groups excluding carboxylic acids is 1. The fourth-order valence-corrected chi connectivity index (χ4v) is 3.26. The lowest BCUT2D eigenvalue weighted by Gasteiger charge is -2.34. The molecular formula is C19H24N2O. The number of hydrogen-bond donors (Lipinski definition) is 1. The SMILES string of the molecule is C[C@@H]1CCCN([C@@H](C)C(=O)Nc2ccc3ccccc3c2)C1. The Morgan fingerprint density at radius 3 is 2.77 bits per heavy atom. The van der Waals surface area contributed by atoms with Crippen LogP contribution < -0.4 is 5.32 Å². The molecule has 1 saturated heterocycles. The highest BCUT2D eigenvalue weighted by Crippen LogP contribution is 2.21. The summed E-state index contributed by atoms with van der Waals surface area (Å²) < 4.78 is 0. The molecule has 2 aromatic rings. The highest BCUT2D eigenvalue weighted by atomic mass is 16.2. The van der Waals surface area contributed by atoms with Crippen molar-refractivity contribution in [2.45, 2.75) is 32.7 Å². The molecule has 1 N–H and O–H groups in total. The summed E-state index contributed by atoms with van der Waals surface area (Å²) in [5.74, 6) is 0.772. The van der Waals surface area contributed by atoms with Gasteiger partial charge in [0, 0.05) is 12.2 Å². The number of fused-ring (bicyclic) bond motifs is 1. The average molecular weight is 296 g/mol. The zero-order valence-corrected chi connectivity index (χ0v) is 13.4. The van der Waals surface area contributed by atoms with Crippen molar-refractivity contribution in [3.05, 3.63) is 42.5 Å². The molecule has 116 valence electrons. The second-order valence-electron chi connectivity index (χ2n) is 6.47. The minimum atomic E-state index is -0.0748. The summed E-state index contributed by atoms with van der Waals surface area (Å²) in [7, 11) is 0. The topological polar surface area (TPSA) is 32.3 Å². The summed E-state index contributed by atoms with van der Waals surface area (Å²) in [6.07, 6.45) is 2.46. The van der Waals surface area contributed by atoms with Crippen LogP contribution in [-0.4, -0.2) is 29.9 Å². The van der Waals surface area contributed by atoms with Crippen molar-refractivity contribution in [1.29, 1.82) is 0 Å². The molecule has 1 aliphatic rings. The first-order chi connectivity index (χ1) is 10.6. The number of anilines is 1. The maximum atomic E-state index is 12.5. The highest BCUT2D eigenvalue weighted by Gasteiger charge is 2.25. The smallest absolute Gasteiger partial charge is 0.241 e. The van der Waals surface area contributed by atoms with Crippen LogP contribution in [0.2, 0.25) is 0 Å². The lowest BCUT2D eigenvalue weighted by atomic mass is 9.99. The molecule has 3 nitrogen and oxygen atoms in total. The molecule has 3 rings (SSSR count). The molecule has 2 atom stereocenters. The van der Waals surface area contributed by atoms with Gasteiger partial charge in [-0.25, -0.2) is 0 Å². The number of benzene rings is 2. The van der Waals surface area contributed by atoms with Gasteiger partial charge in [-0.2, -0.15) is 0 Å². The predicted molar refractivity (Wildman–Crippen MR) is 92.0 cm³/mol. The Morgan fingerprint density at radius 2 is 2.00 bits per heavy atom. The summed E-state index contributed by atoms with van der Waals surface area (Å²) in [5, 5.41) is 5.41. The van der Waals surface area contributed by atoms with Crippen LogP contribution in [0.4, 0.5) is 5.69 Å². The van der Waals surface area contributed by atoms with Gasteiger partial charge in [0.2, 0.25) is 5.91 Å². The zero-order valence-electron chi connectivity index (χ0n) is 13.4. The van der Waals surface area contributed by atoms with Crippen molar-refractivity contribution < 1.29 is 4.79 Å². The predicted octanol–water partition coefficient (Wildman–Crippen LogP) is 3.90. The van der Waals surface area contributed by atoms with E-state index in [9.17, 15) is 4.79 Å². The number of piperidine rings is 1. The van der Waals surface area contributed by atoms with Crippen LogP contribution in [0.3, 0.4) is 0 Å². The van der Waals surface area contributed by atoms with Gasteiger partial charge in [0.15, 0.2) is 0 Å². The fraction of sp³-hybridized carbons (Fsp3) is 0.421. The highest BCUT2D eigenvalue weighted by molar-refractivity contribution is 5.97. The third-order valence-corrected chi connectivity index (χ3v) is 4.63. The number of nitrogens with zero attached hydrogens (tertiary/aromatic N) is 1. The second kappa shape index (κ2) is 6.49. The Morgan fingerprint density at radius 1 is 1.23 bits per heavy atom. The first kappa shape index (κ1) is 15.0. The van der Waals surface area contributed by atoms with Crippen LogP contribution in [0, 0.1) is 5.92 Å². The first-order valence-corrected chi connectivity index (χ1v) is 8.17. The molecule has 3 heteroatoms. The van der Waals surface area contributed by atoms with E-state index in [1.807, 2.05) is 31.2 Å². The summed E-state index contributed by atoms with van der Waals surface area (Å²) in [6, 6.07) is 14.2. The Kier molecular flexibility index (Phi) is 4.44. The molecule has 0 spiro atoms. The van der Waals surface area contributed by atoms with E-state index in [-0.39, 0.29) is 11.9 Å². The van der Waals surface area contributed by atoms with E-state index in [4.69, 9.17) is 0 Å². The quantitative estimate of drug-likeness (QED) is 0.931. The zero-order chi connectivity index (χ0) is 15.5. The van der Waals surface area contributed by atoms with E-state index in [1.54, 1.807) is 0 Å². The Bertz CT molecular complexity index is 667. The van der Waals surface area contributed by atoms with Gasteiger partial charge in [-0.05, 0) is 55.1 Å². The second-order valence-corrected chi connectivity index (χ2v) is 6.47. The van der Waals surface area contributed by atoms with E-state index in [1.165, 1.54) is 18.2 Å². The minimum Gasteiger partial charge on any atom is -0.325 e. The van der Waals surface area contributed by atoms with Crippen LogP contribution in [0.25, 0.3) is 10.8 Å². The van der Waals surface area contributed by atoms with Crippen molar-refractivity contribution in [1.82, 2.24) is 4.90 Å². The Balaban J connectivity index is 1.69. The first-order valence-electron chi connectivity index (χ1n) is 8.17. The van der Waals surface area contributed by atoms with Crippen molar-refractivity contribution in [2.24, 2.45) is 5.92 Å². The van der Waals surface area contributed by atoms with E-state index < -0.39 is 0 Å². The van der Waals surface area contributed by atoms with Gasteiger partial charge in [0.05, 0.1) is 6.04 Å². The van der Waals surface area contributed by atoms with Crippen molar-refractivity contribution in [3.63, 3.8) is 0 Å². The molecule has 0 unspecified atom stereocenters. The largest absolute Gasteiger partial charge is 0.325 e. The summed E-state index contributed by atoms with van der Waals surface area (Å²) >= 11 is 0. The normalized spacial score (nSPS) is 20.7. The van der Waals surface area contributed by atoms with Crippen molar-refractivity contribution in [2.75, 3.05) is 18.4 Å². The van der Waals surface area contributed by atoms with E-state index in [0.717, 1.165) is 24.2 Å². The number of amides is 1. The molecule has 2 aromatic carbocycles. The van der Waals surface area contributed by atoms with Gasteiger partial charge < -0.3 is 5.32 Å². The number of rotatable bonds is 3. The fourth-order valence-electron chi connectivity index (χ4n) is 3.26. The maximum absolute atomic E-state index is 12.5. The van der Waals surface area contributed by atoms with Crippen LogP contribution >= 0.6 is 0 Å². The molecule has 0 aromatic heterocycles. The van der Waals surface area contributed by atoms with Gasteiger partial charge >= 0.3 is 0 Å². The Labute approximate surface area is 132 Å². The number of carbonyl (C=O) groups is 1. The summed E-state index contributed by atoms with van der Waals surface area (Å²) in [4.78, 5) is 14.8. The standard InChI is InChI=1S/C19H24N2O/c1-14-6-5-11-21(13-14)15(2)19(22)20-18-10-9-16-7-3-4-8-17(16)12-18/h3-4,7-10,12,14-15H,5-6,11,13H2,1-2H3,(H,20,22)/t14-,15+/m1/s1. The molecule has 0 radical (unpaired) electrons. The van der Waals surface area contributed by atoms with Crippen LogP contribution in [0.1, 0.15) is 26.7 Å². The maximum Gasteiger partial charge on any atom is 0.241 e. The van der Waals surface area contributed by atoms with Crippen LogP contribution in [-0.2, 0) is 4.79 Å². The molecule has 1 aliphatic heterocycles. The van der Waals surface area contributed by atoms with Gasteiger partial charge in [0.25, 0.3) is 0 Å². The molecular weight excluding hydrogens is 272 g/mol. The number of hydrogen-bond acceptors (Lipinski definition) is 2. The van der Waals surface area contributed by atoms with Gasteiger partial charge in [-0.1, -0.05) is 37.3 Å². The van der Waals surface area contributed by atoms with Gasteiger partial charge in [-0.3, -0.25) is 9.69 Å². The van der Waals surface area contributed by atoms with Crippen LogP contribution in [0.15, 0.2) is 42.5 Å². The number of nitrogens with one attached hydrogen (secondary N) is 1. The number of likely N-dealkylation sites (tertiary alicyclic amines) is 1. The minimum absolute atomic E-state index is 0.0748. The lowest BCUT2D eigenvalue weighted by molar-refractivity contribution is -0.121. The van der Waals surface area contributed by atoms with E-state index in [2.05, 4.69) is 35.3 Å². The molecule has 1 amide bonds. The molecule has 0 aliphatic carbocycles. The average Bonchev–Trinajstić information content (AvgIpc) is 2.54. The third kappa shape index (κ3) is 3.30. The third-order valence-electron chi connectivity index (χ3n) is 4.63. The van der Waals surface area contributed by atoms with Crippen LogP contribution in [0.5, 0.6) is 0 Å². The molecule has 1 fully saturated rings. The van der Waals surface area contributed by atoms with Crippen molar-refractivity contribution in [3.8, 4) is 0 Å². The molecule has 0 saturated carbocycles. The lowest BCUT2D eigenvalue weighted by Crippen LogP contribution is -2.46. The Hall–Kier alpha value is -1.87. The van der Waals surface area contributed by atoms with Crippen molar-refractivity contribution >= 4 is 22.4 Å². The molecule has 1 heterocycles. The van der Waals surface area contributed by atoms with Gasteiger partial charge in [0.1, 0.15) is 0 Å². The molecule has 0 bridgehead atoms. The van der Waals surface area contributed by atoms with E-state index >= 15 is 0 Å². The molecule has 22 heavy (non-hydrogen) atoms.